The van der Waals surface area contributed by atoms with E-state index in [9.17, 15) is 4.79 Å². The van der Waals surface area contributed by atoms with Gasteiger partial charge in [0.2, 0.25) is 0 Å². The minimum absolute atomic E-state index is 0.150. The second-order valence-corrected chi connectivity index (χ2v) is 6.90. The minimum Gasteiger partial charge on any atom is -0.299 e. The Hall–Kier alpha value is -1.54. The first-order valence-electron chi connectivity index (χ1n) is 7.57. The lowest BCUT2D eigenvalue weighted by Gasteiger charge is -2.35. The molecule has 1 saturated heterocycles. The van der Waals surface area contributed by atoms with Gasteiger partial charge in [0.15, 0.2) is 0 Å². The van der Waals surface area contributed by atoms with Crippen LogP contribution in [0, 0.1) is 5.92 Å². The smallest absolute Gasteiger partial charge is 0.138 e. The van der Waals surface area contributed by atoms with Crippen LogP contribution in [0.4, 0.5) is 0 Å². The van der Waals surface area contributed by atoms with Gasteiger partial charge in [0.1, 0.15) is 5.78 Å². The van der Waals surface area contributed by atoms with Crippen molar-refractivity contribution in [2.75, 3.05) is 0 Å². The zero-order valence-corrected chi connectivity index (χ0v) is 13.1. The molecule has 0 spiro atoms. The van der Waals surface area contributed by atoms with E-state index in [2.05, 4.69) is 55.5 Å². The fraction of sp³-hybridized carbons (Fsp3) is 0.316. The molecule has 3 rings (SSSR count). The lowest BCUT2D eigenvalue weighted by molar-refractivity contribution is -0.123. The van der Waals surface area contributed by atoms with Crippen LogP contribution in [0.25, 0.3) is 0 Å². The van der Waals surface area contributed by atoms with Gasteiger partial charge in [-0.3, -0.25) is 4.79 Å². The third kappa shape index (κ3) is 3.06. The maximum Gasteiger partial charge on any atom is 0.138 e. The summed E-state index contributed by atoms with van der Waals surface area (Å²) in [5.74, 6) is 0.566. The molecular weight excluding hydrogens is 276 g/mol. The predicted octanol–water partition coefficient (Wildman–Crippen LogP) is 5.20. The minimum atomic E-state index is 0.150. The van der Waals surface area contributed by atoms with E-state index in [0.717, 1.165) is 6.42 Å². The molecule has 1 heterocycles. The number of ketones is 1. The Kier molecular flexibility index (Phi) is 4.45. The summed E-state index contributed by atoms with van der Waals surface area (Å²) in [7, 11) is 0. The summed E-state index contributed by atoms with van der Waals surface area (Å²) in [6, 6.07) is 20.9. The Morgan fingerprint density at radius 3 is 2.10 bits per heavy atom. The third-order valence-corrected chi connectivity index (χ3v) is 5.88. The molecule has 3 atom stereocenters. The van der Waals surface area contributed by atoms with Gasteiger partial charge in [-0.05, 0) is 17.5 Å². The van der Waals surface area contributed by atoms with Crippen LogP contribution in [-0.2, 0) is 4.79 Å². The monoisotopic (exact) mass is 296 g/mol. The molecule has 0 aromatic heterocycles. The highest BCUT2D eigenvalue weighted by atomic mass is 32.2. The first kappa shape index (κ1) is 14.4. The van der Waals surface area contributed by atoms with E-state index in [4.69, 9.17) is 0 Å². The normalized spacial score (nSPS) is 25.8. The molecule has 2 heteroatoms. The SMILES string of the molecule is CC[C@@H]1C(=O)C[C@@H](c2ccccc2)S[C@@H]1c1ccccc1. The van der Waals surface area contributed by atoms with Gasteiger partial charge in [-0.2, -0.15) is 0 Å². The molecule has 0 unspecified atom stereocenters. The summed E-state index contributed by atoms with van der Waals surface area (Å²) in [4.78, 5) is 12.6. The van der Waals surface area contributed by atoms with Crippen LogP contribution in [0.1, 0.15) is 41.4 Å². The number of thioether (sulfide) groups is 1. The topological polar surface area (TPSA) is 17.1 Å². The molecule has 1 aliphatic rings. The first-order chi connectivity index (χ1) is 10.3. The summed E-state index contributed by atoms with van der Waals surface area (Å²) >= 11 is 1.95. The largest absolute Gasteiger partial charge is 0.299 e. The Morgan fingerprint density at radius 2 is 1.52 bits per heavy atom. The summed E-state index contributed by atoms with van der Waals surface area (Å²) in [5, 5.41) is 0.564. The number of carbonyl (C=O) groups is 1. The highest BCUT2D eigenvalue weighted by Crippen LogP contribution is 2.52. The summed E-state index contributed by atoms with van der Waals surface area (Å²) in [6.07, 6.45) is 1.59. The molecular formula is C19H20OS. The molecule has 0 bridgehead atoms. The predicted molar refractivity (Wildman–Crippen MR) is 89.4 cm³/mol. The zero-order valence-electron chi connectivity index (χ0n) is 12.2. The van der Waals surface area contributed by atoms with Gasteiger partial charge in [-0.25, -0.2) is 0 Å². The van der Waals surface area contributed by atoms with Crippen molar-refractivity contribution in [2.24, 2.45) is 5.92 Å². The number of carbonyl (C=O) groups excluding carboxylic acids is 1. The van der Waals surface area contributed by atoms with Crippen molar-refractivity contribution in [1.29, 1.82) is 0 Å². The number of benzene rings is 2. The van der Waals surface area contributed by atoms with Gasteiger partial charge in [0.05, 0.1) is 0 Å². The maximum absolute atomic E-state index is 12.6. The van der Waals surface area contributed by atoms with Gasteiger partial charge < -0.3 is 0 Å². The van der Waals surface area contributed by atoms with Crippen molar-refractivity contribution in [3.05, 3.63) is 71.8 Å². The van der Waals surface area contributed by atoms with Crippen LogP contribution >= 0.6 is 11.8 Å². The molecule has 0 aliphatic carbocycles. The standard InChI is InChI=1S/C19H20OS/c1-2-16-17(20)13-18(14-9-5-3-6-10-14)21-19(16)15-11-7-4-8-12-15/h3-12,16,18-19H,2,13H2,1H3/t16-,18+,19-/m1/s1. The average Bonchev–Trinajstić information content (AvgIpc) is 2.55. The number of Topliss-reactive ketones (excluding diaryl/α,β-unsaturated/α-hetero) is 1. The van der Waals surface area contributed by atoms with Crippen molar-refractivity contribution in [3.8, 4) is 0 Å². The lowest BCUT2D eigenvalue weighted by Crippen LogP contribution is -2.27. The van der Waals surface area contributed by atoms with E-state index in [1.807, 2.05) is 23.9 Å². The molecule has 0 N–H and O–H groups in total. The molecule has 108 valence electrons. The first-order valence-corrected chi connectivity index (χ1v) is 8.52. The fourth-order valence-electron chi connectivity index (χ4n) is 3.08. The van der Waals surface area contributed by atoms with E-state index < -0.39 is 0 Å². The van der Waals surface area contributed by atoms with Crippen molar-refractivity contribution in [1.82, 2.24) is 0 Å². The molecule has 0 saturated carbocycles. The molecule has 21 heavy (non-hydrogen) atoms. The highest BCUT2D eigenvalue weighted by Gasteiger charge is 2.37. The summed E-state index contributed by atoms with van der Waals surface area (Å²) in [5.41, 5.74) is 2.55. The van der Waals surface area contributed by atoms with Crippen LogP contribution in [0.3, 0.4) is 0 Å². The van der Waals surface area contributed by atoms with Gasteiger partial charge in [-0.1, -0.05) is 67.6 Å². The molecule has 1 fully saturated rings. The second-order valence-electron chi connectivity index (χ2n) is 5.55. The van der Waals surface area contributed by atoms with Crippen molar-refractivity contribution < 1.29 is 4.79 Å². The Balaban J connectivity index is 1.91. The molecule has 1 nitrogen and oxygen atoms in total. The van der Waals surface area contributed by atoms with Gasteiger partial charge in [-0.15, -0.1) is 11.8 Å². The highest BCUT2D eigenvalue weighted by molar-refractivity contribution is 7.99. The second kappa shape index (κ2) is 6.48. The van der Waals surface area contributed by atoms with Crippen molar-refractivity contribution in [3.63, 3.8) is 0 Å². The third-order valence-electron chi connectivity index (χ3n) is 4.22. The van der Waals surface area contributed by atoms with Crippen molar-refractivity contribution in [2.45, 2.75) is 30.3 Å². The zero-order chi connectivity index (χ0) is 14.7. The maximum atomic E-state index is 12.6. The molecule has 0 radical (unpaired) electrons. The number of hydrogen-bond acceptors (Lipinski definition) is 2. The van der Waals surface area contributed by atoms with E-state index in [-0.39, 0.29) is 16.4 Å². The Labute approximate surface area is 130 Å². The fourth-order valence-corrected chi connectivity index (χ4v) is 4.86. The van der Waals surface area contributed by atoms with Gasteiger partial charge in [0, 0.05) is 22.8 Å². The average molecular weight is 296 g/mol. The molecule has 0 amide bonds. The quantitative estimate of drug-likeness (QED) is 0.774. The molecule has 1 aliphatic heterocycles. The Morgan fingerprint density at radius 1 is 0.952 bits per heavy atom. The molecule has 2 aromatic rings. The van der Waals surface area contributed by atoms with Crippen LogP contribution in [0.5, 0.6) is 0 Å². The van der Waals surface area contributed by atoms with Crippen LogP contribution < -0.4 is 0 Å². The van der Waals surface area contributed by atoms with E-state index >= 15 is 0 Å². The number of rotatable bonds is 3. The van der Waals surface area contributed by atoms with Crippen molar-refractivity contribution >= 4 is 17.5 Å². The van der Waals surface area contributed by atoms with Gasteiger partial charge in [0.25, 0.3) is 0 Å². The lowest BCUT2D eigenvalue weighted by atomic mass is 9.88. The number of hydrogen-bond donors (Lipinski definition) is 0. The molecule has 2 aromatic carbocycles. The van der Waals surface area contributed by atoms with E-state index in [0.29, 0.717) is 12.2 Å². The summed E-state index contributed by atoms with van der Waals surface area (Å²) < 4.78 is 0. The van der Waals surface area contributed by atoms with E-state index in [1.165, 1.54) is 11.1 Å². The summed E-state index contributed by atoms with van der Waals surface area (Å²) in [6.45, 7) is 2.13. The van der Waals surface area contributed by atoms with Crippen LogP contribution in [0.2, 0.25) is 0 Å². The Bertz CT molecular complexity index is 593. The van der Waals surface area contributed by atoms with E-state index in [1.54, 1.807) is 0 Å². The van der Waals surface area contributed by atoms with Crippen LogP contribution in [-0.4, -0.2) is 5.78 Å². The van der Waals surface area contributed by atoms with Crippen LogP contribution in [0.15, 0.2) is 60.7 Å². The van der Waals surface area contributed by atoms with Gasteiger partial charge >= 0.3 is 0 Å².